The monoisotopic (exact) mass is 494 g/mol. The maximum atomic E-state index is 12.6. The molecule has 36 heavy (non-hydrogen) atoms. The number of anilines is 2. The molecule has 1 aromatic heterocycles. The van der Waals surface area contributed by atoms with Crippen molar-refractivity contribution < 1.29 is 19.0 Å². The smallest absolute Gasteiger partial charge is 0.254 e. The largest absolute Gasteiger partial charge is 0.494 e. The van der Waals surface area contributed by atoms with E-state index in [9.17, 15) is 4.79 Å². The quantitative estimate of drug-likeness (QED) is 0.518. The van der Waals surface area contributed by atoms with E-state index in [0.717, 1.165) is 51.3 Å². The van der Waals surface area contributed by atoms with Gasteiger partial charge in [-0.25, -0.2) is 0 Å². The Morgan fingerprint density at radius 3 is 2.53 bits per heavy atom. The van der Waals surface area contributed by atoms with Gasteiger partial charge >= 0.3 is 0 Å². The Morgan fingerprint density at radius 1 is 1.00 bits per heavy atom. The third-order valence-corrected chi connectivity index (χ3v) is 7.66. The van der Waals surface area contributed by atoms with E-state index in [1.54, 1.807) is 18.1 Å². The zero-order chi connectivity index (χ0) is 24.8. The molecule has 0 radical (unpaired) electrons. The van der Waals surface area contributed by atoms with Gasteiger partial charge in [-0.15, -0.1) is 0 Å². The third-order valence-electron chi connectivity index (χ3n) is 7.66. The van der Waals surface area contributed by atoms with Crippen molar-refractivity contribution >= 4 is 17.4 Å². The summed E-state index contributed by atoms with van der Waals surface area (Å²) in [4.78, 5) is 23.8. The van der Waals surface area contributed by atoms with E-state index in [-0.39, 0.29) is 18.1 Å². The molecule has 5 rings (SSSR count). The van der Waals surface area contributed by atoms with E-state index in [1.165, 1.54) is 38.0 Å². The molecule has 3 fully saturated rings. The number of aromatic nitrogens is 1. The molecule has 8 nitrogen and oxygen atoms in total. The van der Waals surface area contributed by atoms with Gasteiger partial charge < -0.3 is 24.0 Å². The molecule has 3 aliphatic rings. The van der Waals surface area contributed by atoms with Crippen LogP contribution < -0.4 is 19.3 Å². The van der Waals surface area contributed by atoms with Gasteiger partial charge in [0.2, 0.25) is 5.88 Å². The Labute approximate surface area is 214 Å². The Balaban J connectivity index is 1.11. The molecule has 3 saturated heterocycles. The van der Waals surface area contributed by atoms with E-state index in [1.807, 2.05) is 12.1 Å². The van der Waals surface area contributed by atoms with Crippen molar-refractivity contribution in [3.05, 3.63) is 42.5 Å². The second-order valence-corrected chi connectivity index (χ2v) is 10.1. The van der Waals surface area contributed by atoms with Crippen molar-refractivity contribution in [2.24, 2.45) is 0 Å². The Bertz CT molecular complexity index is 1000. The molecular weight excluding hydrogens is 456 g/mol. The molecule has 194 valence electrons. The van der Waals surface area contributed by atoms with Crippen molar-refractivity contribution in [3.63, 3.8) is 0 Å². The number of hydrogen-bond acceptors (Lipinski definition) is 7. The minimum Gasteiger partial charge on any atom is -0.494 e. The molecule has 0 bridgehead atoms. The number of benzene rings is 1. The lowest BCUT2D eigenvalue weighted by molar-refractivity contribution is -0.141. The number of ether oxygens (including phenoxy) is 3. The van der Waals surface area contributed by atoms with Crippen LogP contribution in [0.15, 0.2) is 42.5 Å². The number of morpholine rings is 1. The first-order valence-corrected chi connectivity index (χ1v) is 13.3. The lowest BCUT2D eigenvalue weighted by atomic mass is 9.89. The lowest BCUT2D eigenvalue weighted by Gasteiger charge is -2.47. The number of carbonyl (C=O) groups is 1. The van der Waals surface area contributed by atoms with Gasteiger partial charge in [-0.3, -0.25) is 9.69 Å². The normalized spacial score (nSPS) is 20.5. The second-order valence-electron chi connectivity index (χ2n) is 10.1. The van der Waals surface area contributed by atoms with E-state index in [4.69, 9.17) is 14.2 Å². The highest BCUT2D eigenvalue weighted by molar-refractivity contribution is 5.94. The van der Waals surface area contributed by atoms with Gasteiger partial charge in [0.05, 0.1) is 25.9 Å². The van der Waals surface area contributed by atoms with Crippen LogP contribution in [-0.4, -0.2) is 81.0 Å². The first-order chi connectivity index (χ1) is 17.6. The summed E-state index contributed by atoms with van der Waals surface area (Å²) >= 11 is 0. The summed E-state index contributed by atoms with van der Waals surface area (Å²) in [5.41, 5.74) is 0.857. The zero-order valence-corrected chi connectivity index (χ0v) is 21.4. The molecule has 0 saturated carbocycles. The van der Waals surface area contributed by atoms with Crippen LogP contribution in [0.2, 0.25) is 0 Å². The fourth-order valence-electron chi connectivity index (χ4n) is 5.48. The molecular formula is C28H38N4O4. The predicted octanol–water partition coefficient (Wildman–Crippen LogP) is 3.75. The molecule has 0 atom stereocenters. The zero-order valence-electron chi connectivity index (χ0n) is 21.4. The van der Waals surface area contributed by atoms with E-state index >= 15 is 0 Å². The van der Waals surface area contributed by atoms with Gasteiger partial charge in [0.25, 0.3) is 5.91 Å². The summed E-state index contributed by atoms with van der Waals surface area (Å²) in [5.74, 6) is 2.00. The minimum absolute atomic E-state index is 0.0599. The topological polar surface area (TPSA) is 67.4 Å². The van der Waals surface area contributed by atoms with Gasteiger partial charge in [0, 0.05) is 31.4 Å². The van der Waals surface area contributed by atoms with Crippen molar-refractivity contribution in [1.29, 1.82) is 0 Å². The van der Waals surface area contributed by atoms with Crippen LogP contribution >= 0.6 is 0 Å². The number of hydrogen-bond donors (Lipinski definition) is 0. The van der Waals surface area contributed by atoms with Gasteiger partial charge in [-0.2, -0.15) is 4.98 Å². The summed E-state index contributed by atoms with van der Waals surface area (Å²) in [6, 6.07) is 14.0. The highest BCUT2D eigenvalue weighted by Crippen LogP contribution is 2.34. The fourth-order valence-corrected chi connectivity index (χ4v) is 5.48. The second kappa shape index (κ2) is 11.5. The number of methoxy groups -OCH3 is 1. The summed E-state index contributed by atoms with van der Waals surface area (Å²) < 4.78 is 17.4. The van der Waals surface area contributed by atoms with Crippen molar-refractivity contribution in [2.45, 2.75) is 44.1 Å². The molecule has 1 amide bonds. The maximum absolute atomic E-state index is 12.6. The van der Waals surface area contributed by atoms with E-state index < -0.39 is 0 Å². The molecule has 0 aliphatic carbocycles. The van der Waals surface area contributed by atoms with Crippen LogP contribution in [0.1, 0.15) is 38.5 Å². The molecule has 1 spiro atoms. The predicted molar refractivity (Wildman–Crippen MR) is 140 cm³/mol. The number of likely N-dealkylation sites (tertiary alicyclic amines) is 1. The van der Waals surface area contributed by atoms with Crippen LogP contribution in [0.4, 0.5) is 11.5 Å². The number of rotatable bonds is 8. The van der Waals surface area contributed by atoms with Crippen molar-refractivity contribution in [3.8, 4) is 11.6 Å². The van der Waals surface area contributed by atoms with E-state index in [0.29, 0.717) is 18.2 Å². The van der Waals surface area contributed by atoms with Crippen LogP contribution in [0.5, 0.6) is 11.6 Å². The highest BCUT2D eigenvalue weighted by atomic mass is 16.5. The lowest BCUT2D eigenvalue weighted by Crippen LogP contribution is -2.59. The minimum atomic E-state index is -0.341. The third kappa shape index (κ3) is 5.93. The molecule has 2 aromatic rings. The van der Waals surface area contributed by atoms with Crippen LogP contribution in [0.3, 0.4) is 0 Å². The Kier molecular flexibility index (Phi) is 7.92. The molecule has 3 aliphatic heterocycles. The average molecular weight is 495 g/mol. The summed E-state index contributed by atoms with van der Waals surface area (Å²) in [5, 5.41) is 0. The van der Waals surface area contributed by atoms with Crippen molar-refractivity contribution in [1.82, 2.24) is 9.88 Å². The van der Waals surface area contributed by atoms with Crippen LogP contribution in [0.25, 0.3) is 0 Å². The molecule has 0 N–H and O–H groups in total. The highest BCUT2D eigenvalue weighted by Gasteiger charge is 2.43. The standard InChI is InChI=1S/C28H38N4O4/c1-34-26-8-5-7-25(29-26)32-22-28(36-21-27(32)33)13-18-31(19-14-28)23-9-11-24(12-10-23)35-20-6-17-30-15-3-2-4-16-30/h5,7-12H,2-4,6,13-22H2,1H3. The fraction of sp³-hybridized carbons (Fsp3) is 0.571. The molecule has 8 heteroatoms. The number of pyridine rings is 1. The molecule has 1 aromatic carbocycles. The number of piperidine rings is 2. The van der Waals surface area contributed by atoms with Gasteiger partial charge in [-0.05, 0) is 75.5 Å². The van der Waals surface area contributed by atoms with E-state index in [2.05, 4.69) is 39.0 Å². The summed E-state index contributed by atoms with van der Waals surface area (Å²) in [7, 11) is 1.58. The van der Waals surface area contributed by atoms with Crippen LogP contribution in [0, 0.1) is 0 Å². The number of amides is 1. The molecule has 4 heterocycles. The average Bonchev–Trinajstić information content (AvgIpc) is 2.94. The van der Waals surface area contributed by atoms with Gasteiger partial charge in [0.1, 0.15) is 18.2 Å². The summed E-state index contributed by atoms with van der Waals surface area (Å²) in [6.07, 6.45) is 6.83. The maximum Gasteiger partial charge on any atom is 0.254 e. The number of carbonyl (C=O) groups excluding carboxylic acids is 1. The van der Waals surface area contributed by atoms with Gasteiger partial charge in [-0.1, -0.05) is 12.5 Å². The van der Waals surface area contributed by atoms with Crippen LogP contribution in [-0.2, 0) is 9.53 Å². The van der Waals surface area contributed by atoms with Crippen molar-refractivity contribution in [2.75, 3.05) is 69.4 Å². The molecule has 0 unspecified atom stereocenters. The SMILES string of the molecule is COc1cccc(N2CC3(CCN(c4ccc(OCCCN5CCCCC5)cc4)CC3)OCC2=O)n1. The Hall–Kier alpha value is -2.84. The summed E-state index contributed by atoms with van der Waals surface area (Å²) in [6.45, 7) is 6.73. The first kappa shape index (κ1) is 24.8. The van der Waals surface area contributed by atoms with Gasteiger partial charge in [0.15, 0.2) is 0 Å². The number of nitrogens with zero attached hydrogens (tertiary/aromatic N) is 4. The first-order valence-electron chi connectivity index (χ1n) is 13.3. The Morgan fingerprint density at radius 2 is 1.78 bits per heavy atom.